The van der Waals surface area contributed by atoms with E-state index in [1.54, 1.807) is 24.3 Å². The Morgan fingerprint density at radius 1 is 1.40 bits per heavy atom. The van der Waals surface area contributed by atoms with E-state index in [0.717, 1.165) is 5.69 Å². The Morgan fingerprint density at radius 2 is 2.15 bits per heavy atom. The highest BCUT2D eigenvalue weighted by molar-refractivity contribution is 7.92. The Balaban J connectivity index is 2.10. The number of thiazole rings is 1. The molecule has 0 saturated heterocycles. The lowest BCUT2D eigenvalue weighted by Gasteiger charge is -2.06. The molecule has 0 aliphatic rings. The minimum atomic E-state index is -3.47. The number of nitrogens with two attached hydrogens (primary N) is 1. The fourth-order valence-corrected chi connectivity index (χ4v) is 3.96. The highest BCUT2D eigenvalue weighted by atomic mass is 32.2. The van der Waals surface area contributed by atoms with Crippen LogP contribution < -0.4 is 10.5 Å². The summed E-state index contributed by atoms with van der Waals surface area (Å²) in [6.07, 6.45) is 0. The molecule has 0 bridgehead atoms. The number of aromatic nitrogens is 1. The van der Waals surface area contributed by atoms with Crippen LogP contribution in [0, 0.1) is 0 Å². The largest absolute Gasteiger partial charge is 0.399 e. The third-order valence-electron chi connectivity index (χ3n) is 2.66. The van der Waals surface area contributed by atoms with Gasteiger partial charge in [0.05, 0.1) is 11.4 Å². The van der Waals surface area contributed by atoms with E-state index in [4.69, 9.17) is 5.73 Å². The molecule has 0 spiro atoms. The van der Waals surface area contributed by atoms with Gasteiger partial charge in [-0.25, -0.2) is 13.4 Å². The first-order valence-electron chi connectivity index (χ1n) is 6.16. The average Bonchev–Trinajstić information content (AvgIpc) is 2.75. The third-order valence-corrected chi connectivity index (χ3v) is 4.79. The summed E-state index contributed by atoms with van der Waals surface area (Å²) in [5.74, 6) is 0.160. The molecule has 7 heteroatoms. The summed E-state index contributed by atoms with van der Waals surface area (Å²) < 4.78 is 26.6. The van der Waals surface area contributed by atoms with Crippen LogP contribution in [0.1, 0.15) is 31.0 Å². The molecule has 0 radical (unpaired) electrons. The zero-order chi connectivity index (χ0) is 14.8. The predicted molar refractivity (Wildman–Crippen MR) is 83.3 cm³/mol. The first kappa shape index (κ1) is 14.8. The van der Waals surface area contributed by atoms with Crippen LogP contribution in [0.2, 0.25) is 0 Å². The summed E-state index contributed by atoms with van der Waals surface area (Å²) in [5.41, 5.74) is 7.73. The molecule has 0 unspecified atom stereocenters. The van der Waals surface area contributed by atoms with Gasteiger partial charge in [0.2, 0.25) is 10.0 Å². The normalized spacial score (nSPS) is 11.8. The number of rotatable bonds is 5. The molecule has 5 nitrogen and oxygen atoms in total. The molecule has 0 amide bonds. The van der Waals surface area contributed by atoms with E-state index in [1.807, 2.05) is 19.2 Å². The second-order valence-corrected chi connectivity index (χ2v) is 7.42. The number of nitrogens with zero attached hydrogens (tertiary/aromatic N) is 1. The molecule has 1 aromatic carbocycles. The number of nitrogens with one attached hydrogen (secondary N) is 1. The number of sulfonamides is 1. The van der Waals surface area contributed by atoms with Crippen LogP contribution in [0.25, 0.3) is 0 Å². The lowest BCUT2D eigenvalue weighted by Crippen LogP contribution is -2.15. The Labute approximate surface area is 122 Å². The van der Waals surface area contributed by atoms with Gasteiger partial charge in [-0.2, -0.15) is 0 Å². The highest BCUT2D eigenvalue weighted by Gasteiger charge is 2.15. The van der Waals surface area contributed by atoms with Crippen molar-refractivity contribution >= 4 is 32.2 Å². The smallest absolute Gasteiger partial charge is 0.238 e. The van der Waals surface area contributed by atoms with Gasteiger partial charge in [0.1, 0.15) is 0 Å². The molecule has 0 aliphatic carbocycles. The molecule has 2 aromatic rings. The summed E-state index contributed by atoms with van der Waals surface area (Å²) in [7, 11) is -3.47. The van der Waals surface area contributed by atoms with E-state index in [9.17, 15) is 8.42 Å². The van der Waals surface area contributed by atoms with E-state index < -0.39 is 10.0 Å². The van der Waals surface area contributed by atoms with Crippen molar-refractivity contribution in [2.45, 2.75) is 25.5 Å². The van der Waals surface area contributed by atoms with Crippen molar-refractivity contribution in [1.82, 2.24) is 4.98 Å². The minimum absolute atomic E-state index is 0.116. The number of hydrogen-bond acceptors (Lipinski definition) is 5. The Bertz CT molecular complexity index is 693. The summed E-state index contributed by atoms with van der Waals surface area (Å²) in [6.45, 7) is 4.03. The average molecular weight is 311 g/mol. The van der Waals surface area contributed by atoms with Crippen LogP contribution in [0.4, 0.5) is 10.8 Å². The van der Waals surface area contributed by atoms with Crippen LogP contribution in [0.3, 0.4) is 0 Å². The van der Waals surface area contributed by atoms with Gasteiger partial charge in [0, 0.05) is 11.1 Å². The first-order chi connectivity index (χ1) is 9.35. The number of hydrogen-bond donors (Lipinski definition) is 2. The SMILES string of the molecule is CC(C)c1csc(NS(=O)(=O)Cc2cccc(N)c2)n1. The van der Waals surface area contributed by atoms with Crippen molar-refractivity contribution < 1.29 is 8.42 Å². The zero-order valence-corrected chi connectivity index (χ0v) is 13.0. The van der Waals surface area contributed by atoms with Crippen molar-refractivity contribution in [2.75, 3.05) is 10.5 Å². The monoisotopic (exact) mass is 311 g/mol. The topological polar surface area (TPSA) is 85.1 Å². The van der Waals surface area contributed by atoms with Crippen LogP contribution in [0.5, 0.6) is 0 Å². The fraction of sp³-hybridized carbons (Fsp3) is 0.308. The van der Waals surface area contributed by atoms with Gasteiger partial charge in [-0.3, -0.25) is 4.72 Å². The minimum Gasteiger partial charge on any atom is -0.399 e. The van der Waals surface area contributed by atoms with E-state index in [-0.39, 0.29) is 11.7 Å². The number of nitrogen functional groups attached to an aromatic ring is 1. The second kappa shape index (κ2) is 5.80. The van der Waals surface area contributed by atoms with Crippen molar-refractivity contribution in [3.05, 3.63) is 40.9 Å². The maximum Gasteiger partial charge on any atom is 0.238 e. The molecule has 0 atom stereocenters. The Morgan fingerprint density at radius 3 is 2.75 bits per heavy atom. The van der Waals surface area contributed by atoms with Crippen molar-refractivity contribution in [1.29, 1.82) is 0 Å². The van der Waals surface area contributed by atoms with Crippen LogP contribution in [-0.4, -0.2) is 13.4 Å². The predicted octanol–water partition coefficient (Wildman–Crippen LogP) is 2.79. The summed E-state index contributed by atoms with van der Waals surface area (Å²) in [5, 5.41) is 2.26. The lowest BCUT2D eigenvalue weighted by atomic mass is 10.2. The summed E-state index contributed by atoms with van der Waals surface area (Å²) in [6, 6.07) is 6.84. The van der Waals surface area contributed by atoms with E-state index in [0.29, 0.717) is 16.4 Å². The summed E-state index contributed by atoms with van der Waals surface area (Å²) in [4.78, 5) is 4.26. The first-order valence-corrected chi connectivity index (χ1v) is 8.69. The maximum absolute atomic E-state index is 12.1. The van der Waals surface area contributed by atoms with Crippen LogP contribution in [-0.2, 0) is 15.8 Å². The third kappa shape index (κ3) is 3.94. The Hall–Kier alpha value is -1.60. The van der Waals surface area contributed by atoms with Gasteiger partial charge in [-0.15, -0.1) is 11.3 Å². The van der Waals surface area contributed by atoms with E-state index in [2.05, 4.69) is 9.71 Å². The standard InChI is InChI=1S/C13H17N3O2S2/c1-9(2)12-7-19-13(15-12)16-20(17,18)8-10-4-3-5-11(14)6-10/h3-7,9H,8,14H2,1-2H3,(H,15,16). The quantitative estimate of drug-likeness (QED) is 0.831. The van der Waals surface area contributed by atoms with E-state index in [1.165, 1.54) is 11.3 Å². The second-order valence-electron chi connectivity index (χ2n) is 4.84. The van der Waals surface area contributed by atoms with E-state index >= 15 is 0 Å². The van der Waals surface area contributed by atoms with Crippen molar-refractivity contribution in [3.63, 3.8) is 0 Å². The van der Waals surface area contributed by atoms with Gasteiger partial charge >= 0.3 is 0 Å². The molecule has 108 valence electrons. The Kier molecular flexibility index (Phi) is 4.29. The maximum atomic E-state index is 12.1. The molecule has 2 rings (SSSR count). The van der Waals surface area contributed by atoms with Gasteiger partial charge in [0.15, 0.2) is 5.13 Å². The van der Waals surface area contributed by atoms with Crippen molar-refractivity contribution in [2.24, 2.45) is 0 Å². The molecule has 1 aromatic heterocycles. The molecule has 3 N–H and O–H groups in total. The molecular weight excluding hydrogens is 294 g/mol. The zero-order valence-electron chi connectivity index (χ0n) is 11.3. The highest BCUT2D eigenvalue weighted by Crippen LogP contribution is 2.23. The number of benzene rings is 1. The van der Waals surface area contributed by atoms with Crippen LogP contribution >= 0.6 is 11.3 Å². The number of anilines is 2. The molecular formula is C13H17N3O2S2. The lowest BCUT2D eigenvalue weighted by molar-refractivity contribution is 0.600. The molecule has 0 aliphatic heterocycles. The van der Waals surface area contributed by atoms with Gasteiger partial charge in [0.25, 0.3) is 0 Å². The van der Waals surface area contributed by atoms with Gasteiger partial charge in [-0.05, 0) is 23.6 Å². The van der Waals surface area contributed by atoms with Gasteiger partial charge < -0.3 is 5.73 Å². The summed E-state index contributed by atoms with van der Waals surface area (Å²) >= 11 is 1.29. The van der Waals surface area contributed by atoms with Crippen molar-refractivity contribution in [3.8, 4) is 0 Å². The molecule has 20 heavy (non-hydrogen) atoms. The van der Waals surface area contributed by atoms with Crippen LogP contribution in [0.15, 0.2) is 29.6 Å². The molecule has 1 heterocycles. The molecule has 0 saturated carbocycles. The molecule has 0 fully saturated rings. The van der Waals surface area contributed by atoms with Gasteiger partial charge in [-0.1, -0.05) is 26.0 Å². The fourth-order valence-electron chi connectivity index (χ4n) is 1.67.